The summed E-state index contributed by atoms with van der Waals surface area (Å²) in [7, 11) is 1.38. The number of alkyl halides is 3. The van der Waals surface area contributed by atoms with E-state index in [0.717, 1.165) is 49.8 Å². The Morgan fingerprint density at radius 2 is 1.66 bits per heavy atom. The molecule has 50 heavy (non-hydrogen) atoms. The van der Waals surface area contributed by atoms with Crippen LogP contribution >= 0.6 is 11.6 Å². The van der Waals surface area contributed by atoms with E-state index >= 15 is 0 Å². The van der Waals surface area contributed by atoms with Gasteiger partial charge in [0.05, 0.1) is 33.2 Å². The number of para-hydroxylation sites is 2. The summed E-state index contributed by atoms with van der Waals surface area (Å²) >= 11 is 6.33. The quantitative estimate of drug-likeness (QED) is 0.352. The number of fused-ring (bicyclic) bond motifs is 4. The third-order valence-electron chi connectivity index (χ3n) is 11.5. The molecule has 10 nitrogen and oxygen atoms in total. The molecule has 2 N–H and O–H groups in total. The lowest BCUT2D eigenvalue weighted by Gasteiger charge is -2.51. The average molecular weight is 716 g/mol. The molecule has 5 aliphatic heterocycles. The van der Waals surface area contributed by atoms with Gasteiger partial charge in [0.25, 0.3) is 0 Å². The lowest BCUT2D eigenvalue weighted by Crippen LogP contribution is -2.61. The SMILES string of the molecule is CNc1c(Cl)cc(C[C@@H](CC(=O)N2CCC(n3c(=O)[nH]c4ccccc43)CC2)C(=O)N2CCN(C3CN4CCC3CC4)CC2)cc1C(F)(F)F. The highest BCUT2D eigenvalue weighted by molar-refractivity contribution is 6.33. The maximum Gasteiger partial charge on any atom is 0.418 e. The van der Waals surface area contributed by atoms with Crippen LogP contribution in [0.1, 0.15) is 49.3 Å². The Balaban J connectivity index is 1.06. The van der Waals surface area contributed by atoms with E-state index in [4.69, 9.17) is 11.6 Å². The van der Waals surface area contributed by atoms with Crippen molar-refractivity contribution in [1.82, 2.24) is 29.2 Å². The van der Waals surface area contributed by atoms with Crippen molar-refractivity contribution in [3.63, 3.8) is 0 Å². The molecule has 0 spiro atoms. The molecule has 5 fully saturated rings. The van der Waals surface area contributed by atoms with Crippen LogP contribution in [0.5, 0.6) is 0 Å². The van der Waals surface area contributed by atoms with Crippen molar-refractivity contribution in [3.8, 4) is 0 Å². The fraction of sp³-hybridized carbons (Fsp3) is 0.583. The number of aromatic amines is 1. The highest BCUT2D eigenvalue weighted by Gasteiger charge is 2.40. The summed E-state index contributed by atoms with van der Waals surface area (Å²) in [4.78, 5) is 52.3. The molecule has 2 amide bonds. The predicted molar refractivity (Wildman–Crippen MR) is 186 cm³/mol. The molecule has 3 aromatic rings. The van der Waals surface area contributed by atoms with Crippen LogP contribution < -0.4 is 11.0 Å². The van der Waals surface area contributed by atoms with Gasteiger partial charge in [-0.05, 0) is 80.9 Å². The average Bonchev–Trinajstić information content (AvgIpc) is 3.46. The molecule has 6 heterocycles. The van der Waals surface area contributed by atoms with Crippen molar-refractivity contribution in [1.29, 1.82) is 0 Å². The number of carbonyl (C=O) groups excluding carboxylic acids is 2. The van der Waals surface area contributed by atoms with E-state index in [1.54, 1.807) is 14.4 Å². The number of hydrogen-bond acceptors (Lipinski definition) is 6. The fourth-order valence-corrected chi connectivity index (χ4v) is 9.16. The van der Waals surface area contributed by atoms with Crippen LogP contribution in [0.15, 0.2) is 41.2 Å². The van der Waals surface area contributed by atoms with Gasteiger partial charge in [0.15, 0.2) is 0 Å². The van der Waals surface area contributed by atoms with Crippen LogP contribution in [-0.4, -0.2) is 113 Å². The highest BCUT2D eigenvalue weighted by Crippen LogP contribution is 2.40. The van der Waals surface area contributed by atoms with Gasteiger partial charge in [-0.3, -0.25) is 19.1 Å². The van der Waals surface area contributed by atoms with Crippen LogP contribution in [0.2, 0.25) is 5.02 Å². The van der Waals surface area contributed by atoms with Gasteiger partial charge in [-0.25, -0.2) is 4.79 Å². The van der Waals surface area contributed by atoms with Crippen LogP contribution in [0, 0.1) is 11.8 Å². The minimum Gasteiger partial charge on any atom is -0.386 e. The Labute approximate surface area is 294 Å². The van der Waals surface area contributed by atoms with Gasteiger partial charge in [0, 0.05) is 71.4 Å². The Morgan fingerprint density at radius 1 is 0.960 bits per heavy atom. The standard InChI is InChI=1S/C36H45ClF3N7O3/c1-41-33-27(36(38,39)40)19-23(20-28(33)37)18-25(34(49)46-16-14-44(15-17-46)31-22-43-10-6-24(31)7-11-43)21-32(48)45-12-8-26(9-13-45)47-30-5-3-2-4-29(30)42-35(47)50/h2-5,19-20,24-26,31,41H,6-18,21-22H2,1H3,(H,42,50)/t25-,31?/m0/s1. The first-order valence-electron chi connectivity index (χ1n) is 17.8. The van der Waals surface area contributed by atoms with Gasteiger partial charge in [-0.15, -0.1) is 0 Å². The zero-order valence-corrected chi connectivity index (χ0v) is 29.1. The van der Waals surface area contributed by atoms with Gasteiger partial charge in [-0.2, -0.15) is 13.2 Å². The molecular formula is C36H45ClF3N7O3. The van der Waals surface area contributed by atoms with Crippen molar-refractivity contribution in [2.75, 3.05) is 71.3 Å². The summed E-state index contributed by atoms with van der Waals surface area (Å²) in [5.41, 5.74) is 0.539. The number of nitrogens with one attached hydrogen (secondary N) is 2. The van der Waals surface area contributed by atoms with Crippen LogP contribution in [0.3, 0.4) is 0 Å². The number of anilines is 1. The molecule has 2 bridgehead atoms. The van der Waals surface area contributed by atoms with E-state index in [0.29, 0.717) is 51.0 Å². The van der Waals surface area contributed by atoms with Crippen molar-refractivity contribution in [2.45, 2.75) is 56.8 Å². The number of likely N-dealkylation sites (tertiary alicyclic amines) is 1. The smallest absolute Gasteiger partial charge is 0.386 e. The molecule has 270 valence electrons. The van der Waals surface area contributed by atoms with E-state index in [9.17, 15) is 27.6 Å². The summed E-state index contributed by atoms with van der Waals surface area (Å²) in [6.45, 7) is 6.72. The van der Waals surface area contributed by atoms with Crippen molar-refractivity contribution >= 4 is 40.1 Å². The molecule has 2 atom stereocenters. The second kappa shape index (κ2) is 14.2. The molecule has 0 saturated carbocycles. The second-order valence-electron chi connectivity index (χ2n) is 14.3. The molecule has 1 unspecified atom stereocenters. The minimum atomic E-state index is -4.66. The molecule has 1 aromatic heterocycles. The summed E-state index contributed by atoms with van der Waals surface area (Å²) in [5.74, 6) is -0.598. The Morgan fingerprint density at radius 3 is 2.30 bits per heavy atom. The van der Waals surface area contributed by atoms with Crippen LogP contribution in [-0.2, 0) is 22.2 Å². The number of hydrogen-bond donors (Lipinski definition) is 2. The zero-order chi connectivity index (χ0) is 35.2. The van der Waals surface area contributed by atoms with Gasteiger partial charge >= 0.3 is 11.9 Å². The normalized spacial score (nSPS) is 24.1. The largest absolute Gasteiger partial charge is 0.418 e. The summed E-state index contributed by atoms with van der Waals surface area (Å²) in [5, 5.41) is 2.46. The number of amides is 2. The summed E-state index contributed by atoms with van der Waals surface area (Å²) in [6, 6.07) is 10.4. The van der Waals surface area contributed by atoms with Crippen molar-refractivity contribution < 1.29 is 22.8 Å². The second-order valence-corrected chi connectivity index (χ2v) is 14.8. The topological polar surface area (TPSA) is 96.9 Å². The first-order valence-corrected chi connectivity index (χ1v) is 18.2. The maximum atomic E-state index is 14.2. The molecule has 14 heteroatoms. The molecule has 0 aliphatic carbocycles. The molecular weight excluding hydrogens is 671 g/mol. The number of nitrogens with zero attached hydrogens (tertiary/aromatic N) is 5. The number of rotatable bonds is 8. The van der Waals surface area contributed by atoms with E-state index in [-0.39, 0.29) is 52.7 Å². The zero-order valence-electron chi connectivity index (χ0n) is 28.4. The Hall–Kier alpha value is -3.55. The molecule has 5 saturated heterocycles. The lowest BCUT2D eigenvalue weighted by molar-refractivity contribution is -0.143. The fourth-order valence-electron chi connectivity index (χ4n) is 8.82. The highest BCUT2D eigenvalue weighted by atomic mass is 35.5. The van der Waals surface area contributed by atoms with Gasteiger partial charge in [0.1, 0.15) is 0 Å². The summed E-state index contributed by atoms with van der Waals surface area (Å²) in [6.07, 6.45) is -1.26. The molecule has 5 aliphatic rings. The van der Waals surface area contributed by atoms with E-state index in [2.05, 4.69) is 20.1 Å². The van der Waals surface area contributed by atoms with E-state index < -0.39 is 17.7 Å². The Bertz CT molecular complexity index is 1770. The summed E-state index contributed by atoms with van der Waals surface area (Å²) < 4.78 is 43.9. The third-order valence-corrected chi connectivity index (χ3v) is 11.8. The number of H-pyrrole nitrogens is 1. The molecule has 0 radical (unpaired) electrons. The number of piperidine rings is 4. The monoisotopic (exact) mass is 715 g/mol. The molecule has 2 aromatic carbocycles. The van der Waals surface area contributed by atoms with Crippen LogP contribution in [0.25, 0.3) is 11.0 Å². The van der Waals surface area contributed by atoms with E-state index in [1.807, 2.05) is 24.3 Å². The van der Waals surface area contributed by atoms with Crippen LogP contribution in [0.4, 0.5) is 18.9 Å². The van der Waals surface area contributed by atoms with Crippen molar-refractivity contribution in [3.05, 3.63) is 63.0 Å². The predicted octanol–water partition coefficient (Wildman–Crippen LogP) is 4.69. The number of imidazole rings is 1. The lowest BCUT2D eigenvalue weighted by atomic mass is 9.83. The maximum absolute atomic E-state index is 14.2. The Kier molecular flexibility index (Phi) is 9.92. The number of aromatic nitrogens is 2. The van der Waals surface area contributed by atoms with E-state index in [1.165, 1.54) is 26.0 Å². The minimum absolute atomic E-state index is 0.0432. The number of carbonyl (C=O) groups is 2. The third kappa shape index (κ3) is 7.01. The number of benzene rings is 2. The number of piperazine rings is 1. The van der Waals surface area contributed by atoms with Gasteiger partial charge < -0.3 is 25.0 Å². The first-order chi connectivity index (χ1) is 24.0. The van der Waals surface area contributed by atoms with Gasteiger partial charge in [0.2, 0.25) is 11.8 Å². The van der Waals surface area contributed by atoms with Gasteiger partial charge in [-0.1, -0.05) is 23.7 Å². The first kappa shape index (κ1) is 34.9. The number of halogens is 4. The van der Waals surface area contributed by atoms with Crippen molar-refractivity contribution in [2.24, 2.45) is 11.8 Å². The molecule has 8 rings (SSSR count).